The molecule has 4 heteroatoms. The Balaban J connectivity index is 2.38. The van der Waals surface area contributed by atoms with Crippen LogP contribution in [0.4, 0.5) is 0 Å². The van der Waals surface area contributed by atoms with E-state index in [0.29, 0.717) is 10.9 Å². The van der Waals surface area contributed by atoms with E-state index in [1.165, 1.54) is 5.56 Å². The van der Waals surface area contributed by atoms with Gasteiger partial charge in [0.05, 0.1) is 0 Å². The molecule has 1 unspecified atom stereocenters. The number of aromatic nitrogens is 1. The largest absolute Gasteiger partial charge is 0.477 e. The summed E-state index contributed by atoms with van der Waals surface area (Å²) < 4.78 is 0. The molecule has 1 aromatic heterocycles. The summed E-state index contributed by atoms with van der Waals surface area (Å²) in [6.07, 6.45) is 1.01. The van der Waals surface area contributed by atoms with Gasteiger partial charge in [0.25, 0.3) is 0 Å². The van der Waals surface area contributed by atoms with Crippen LogP contribution in [0, 0.1) is 0 Å². The van der Waals surface area contributed by atoms with Crippen molar-refractivity contribution in [2.45, 2.75) is 23.5 Å². The molecule has 0 saturated carbocycles. The normalized spacial score (nSPS) is 18.9. The van der Waals surface area contributed by atoms with Gasteiger partial charge >= 0.3 is 5.97 Å². The fourth-order valence-electron chi connectivity index (χ4n) is 2.28. The lowest BCUT2D eigenvalue weighted by atomic mass is 10.0. The molecule has 0 aliphatic carbocycles. The minimum absolute atomic E-state index is 0.332. The van der Waals surface area contributed by atoms with Gasteiger partial charge in [-0.15, -0.1) is 11.8 Å². The maximum atomic E-state index is 11.1. The van der Waals surface area contributed by atoms with Crippen molar-refractivity contribution >= 4 is 28.6 Å². The predicted octanol–water partition coefficient (Wildman–Crippen LogP) is 2.90. The highest BCUT2D eigenvalue weighted by atomic mass is 32.2. The molecule has 2 N–H and O–H groups in total. The predicted molar refractivity (Wildman–Crippen MR) is 64.3 cm³/mol. The van der Waals surface area contributed by atoms with Crippen molar-refractivity contribution in [3.63, 3.8) is 0 Å². The van der Waals surface area contributed by atoms with E-state index in [-0.39, 0.29) is 0 Å². The second kappa shape index (κ2) is 3.28. The smallest absolute Gasteiger partial charge is 0.353 e. The molecule has 0 amide bonds. The summed E-state index contributed by atoms with van der Waals surface area (Å²) in [5.74, 6) is -0.876. The lowest BCUT2D eigenvalue weighted by Crippen LogP contribution is -2.08. The number of benzene rings is 1. The van der Waals surface area contributed by atoms with Crippen molar-refractivity contribution < 1.29 is 9.90 Å². The van der Waals surface area contributed by atoms with Gasteiger partial charge in [0.1, 0.15) is 5.69 Å². The van der Waals surface area contributed by atoms with E-state index in [9.17, 15) is 4.79 Å². The Morgan fingerprint density at radius 3 is 3.12 bits per heavy atom. The van der Waals surface area contributed by atoms with E-state index in [2.05, 4.69) is 18.0 Å². The fourth-order valence-corrected chi connectivity index (χ4v) is 3.56. The second-order valence-electron chi connectivity index (χ2n) is 4.11. The highest BCUT2D eigenvalue weighted by Crippen LogP contribution is 2.41. The van der Waals surface area contributed by atoms with Gasteiger partial charge in [-0.25, -0.2) is 4.79 Å². The lowest BCUT2D eigenvalue weighted by molar-refractivity contribution is 0.0688. The summed E-state index contributed by atoms with van der Waals surface area (Å²) in [6, 6.07) is 6.00. The topological polar surface area (TPSA) is 53.1 Å². The number of carboxylic acids is 1. The van der Waals surface area contributed by atoms with Crippen molar-refractivity contribution in [3.05, 3.63) is 29.5 Å². The SMILES string of the molecule is CC1Cc2cccc3[nH]c(C(=O)O)c(c23)S1. The first-order valence-corrected chi connectivity index (χ1v) is 6.08. The van der Waals surface area contributed by atoms with E-state index in [1.807, 2.05) is 12.1 Å². The quantitative estimate of drug-likeness (QED) is 0.796. The molecule has 0 fully saturated rings. The molecular weight excluding hydrogens is 222 g/mol. The van der Waals surface area contributed by atoms with Gasteiger partial charge in [-0.05, 0) is 18.1 Å². The van der Waals surface area contributed by atoms with Crippen molar-refractivity contribution in [2.24, 2.45) is 0 Å². The Hall–Kier alpha value is -1.42. The monoisotopic (exact) mass is 233 g/mol. The minimum atomic E-state index is -0.876. The van der Waals surface area contributed by atoms with Gasteiger partial charge in [0.2, 0.25) is 0 Å². The van der Waals surface area contributed by atoms with Crippen LogP contribution in [0.3, 0.4) is 0 Å². The minimum Gasteiger partial charge on any atom is -0.477 e. The van der Waals surface area contributed by atoms with Crippen LogP contribution in [-0.4, -0.2) is 21.3 Å². The zero-order chi connectivity index (χ0) is 11.3. The third-order valence-corrected chi connectivity index (χ3v) is 4.12. The molecule has 3 nitrogen and oxygen atoms in total. The molecule has 2 aromatic rings. The number of thioether (sulfide) groups is 1. The Labute approximate surface area is 96.9 Å². The van der Waals surface area contributed by atoms with Gasteiger partial charge in [-0.3, -0.25) is 0 Å². The van der Waals surface area contributed by atoms with Crippen LogP contribution < -0.4 is 0 Å². The summed E-state index contributed by atoms with van der Waals surface area (Å²) in [6.45, 7) is 2.13. The first-order chi connectivity index (χ1) is 7.66. The van der Waals surface area contributed by atoms with Crippen LogP contribution in [0.2, 0.25) is 0 Å². The van der Waals surface area contributed by atoms with E-state index >= 15 is 0 Å². The Bertz CT molecular complexity index is 588. The summed E-state index contributed by atoms with van der Waals surface area (Å²) in [4.78, 5) is 15.0. The average molecular weight is 233 g/mol. The molecule has 2 heterocycles. The van der Waals surface area contributed by atoms with Crippen LogP contribution >= 0.6 is 11.8 Å². The number of carbonyl (C=O) groups is 1. The van der Waals surface area contributed by atoms with E-state index in [1.54, 1.807) is 11.8 Å². The Morgan fingerprint density at radius 1 is 1.56 bits per heavy atom. The van der Waals surface area contributed by atoms with Crippen molar-refractivity contribution in [1.82, 2.24) is 4.98 Å². The molecule has 0 radical (unpaired) electrons. The third-order valence-electron chi connectivity index (χ3n) is 2.90. The maximum Gasteiger partial charge on any atom is 0.353 e. The number of hydrogen-bond donors (Lipinski definition) is 2. The first-order valence-electron chi connectivity index (χ1n) is 5.20. The molecule has 82 valence electrons. The zero-order valence-corrected chi connectivity index (χ0v) is 9.60. The molecule has 1 aliphatic rings. The summed E-state index contributed by atoms with van der Waals surface area (Å²) in [5, 5.41) is 10.7. The van der Waals surface area contributed by atoms with Gasteiger partial charge < -0.3 is 10.1 Å². The van der Waals surface area contributed by atoms with Crippen LogP contribution in [0.5, 0.6) is 0 Å². The van der Waals surface area contributed by atoms with E-state index in [4.69, 9.17) is 5.11 Å². The van der Waals surface area contributed by atoms with Crippen molar-refractivity contribution in [1.29, 1.82) is 0 Å². The molecule has 0 spiro atoms. The number of aromatic carboxylic acids is 1. The highest BCUT2D eigenvalue weighted by Gasteiger charge is 2.25. The maximum absolute atomic E-state index is 11.1. The van der Waals surface area contributed by atoms with Crippen LogP contribution in [0.15, 0.2) is 23.1 Å². The third kappa shape index (κ3) is 1.26. The molecule has 16 heavy (non-hydrogen) atoms. The van der Waals surface area contributed by atoms with Crippen LogP contribution in [0.1, 0.15) is 23.0 Å². The van der Waals surface area contributed by atoms with Gasteiger partial charge in [-0.2, -0.15) is 0 Å². The van der Waals surface area contributed by atoms with Gasteiger partial charge in [0.15, 0.2) is 0 Å². The highest BCUT2D eigenvalue weighted by molar-refractivity contribution is 8.00. The number of rotatable bonds is 1. The average Bonchev–Trinajstić information content (AvgIpc) is 2.59. The van der Waals surface area contributed by atoms with Gasteiger partial charge in [-0.1, -0.05) is 19.1 Å². The number of hydrogen-bond acceptors (Lipinski definition) is 2. The second-order valence-corrected chi connectivity index (χ2v) is 5.56. The molecule has 1 aliphatic heterocycles. The van der Waals surface area contributed by atoms with Crippen LogP contribution in [0.25, 0.3) is 10.9 Å². The molecule has 0 saturated heterocycles. The number of H-pyrrole nitrogens is 1. The van der Waals surface area contributed by atoms with Gasteiger partial charge in [0, 0.05) is 21.0 Å². The number of nitrogens with one attached hydrogen (secondary N) is 1. The number of aromatic amines is 1. The standard InChI is InChI=1S/C12H11NO2S/c1-6-5-7-3-2-4-8-9(7)11(16-6)10(13-8)12(14)15/h2-4,6,13H,5H2,1H3,(H,14,15). The Kier molecular flexibility index (Phi) is 2.01. The molecular formula is C12H11NO2S. The molecule has 3 rings (SSSR count). The molecule has 1 aromatic carbocycles. The molecule has 1 atom stereocenters. The van der Waals surface area contributed by atoms with Crippen molar-refractivity contribution in [3.8, 4) is 0 Å². The van der Waals surface area contributed by atoms with E-state index in [0.717, 1.165) is 22.2 Å². The molecule has 0 bridgehead atoms. The van der Waals surface area contributed by atoms with E-state index < -0.39 is 5.97 Å². The lowest BCUT2D eigenvalue weighted by Gasteiger charge is -2.18. The summed E-state index contributed by atoms with van der Waals surface area (Å²) in [7, 11) is 0. The zero-order valence-electron chi connectivity index (χ0n) is 8.78. The Morgan fingerprint density at radius 2 is 2.38 bits per heavy atom. The number of carboxylic acid groups (broad SMARTS) is 1. The fraction of sp³-hybridized carbons (Fsp3) is 0.250. The summed E-state index contributed by atoms with van der Waals surface area (Å²) >= 11 is 1.65. The van der Waals surface area contributed by atoms with Crippen molar-refractivity contribution in [2.75, 3.05) is 0 Å². The summed E-state index contributed by atoms with van der Waals surface area (Å²) in [5.41, 5.74) is 2.52. The first kappa shape index (κ1) is 9.78. The van der Waals surface area contributed by atoms with Crippen LogP contribution in [-0.2, 0) is 6.42 Å².